The fourth-order valence-electron chi connectivity index (χ4n) is 2.37. The Bertz CT molecular complexity index is 416. The number of ether oxygens (including phenoxy) is 1. The Morgan fingerprint density at radius 2 is 1.90 bits per heavy atom. The zero-order valence-corrected chi connectivity index (χ0v) is 12.6. The molecular weight excluding hydrogens is 254 g/mol. The highest BCUT2D eigenvalue weighted by Gasteiger charge is 2.24. The molecule has 0 saturated heterocycles. The van der Waals surface area contributed by atoms with Crippen molar-refractivity contribution in [2.45, 2.75) is 39.7 Å². The average Bonchev–Trinajstić information content (AvgIpc) is 2.48. The first-order valence-corrected chi connectivity index (χ1v) is 7.33. The Morgan fingerprint density at radius 3 is 2.45 bits per heavy atom. The summed E-state index contributed by atoms with van der Waals surface area (Å²) in [5.41, 5.74) is 0.565. The lowest BCUT2D eigenvalue weighted by Crippen LogP contribution is -2.41. The average molecular weight is 279 g/mol. The van der Waals surface area contributed by atoms with E-state index in [-0.39, 0.29) is 18.6 Å². The molecule has 0 fully saturated rings. The first kappa shape index (κ1) is 16.5. The monoisotopic (exact) mass is 279 g/mol. The van der Waals surface area contributed by atoms with Crippen LogP contribution in [-0.4, -0.2) is 41.7 Å². The predicted octanol–water partition coefficient (Wildman–Crippen LogP) is 2.71. The van der Waals surface area contributed by atoms with Gasteiger partial charge in [-0.15, -0.1) is 0 Å². The molecule has 4 heteroatoms. The molecule has 4 nitrogen and oxygen atoms in total. The number of amides is 1. The van der Waals surface area contributed by atoms with Crippen molar-refractivity contribution >= 4 is 5.91 Å². The highest BCUT2D eigenvalue weighted by atomic mass is 16.5. The van der Waals surface area contributed by atoms with Crippen LogP contribution in [0, 0.1) is 0 Å². The quantitative estimate of drug-likeness (QED) is 0.796. The van der Waals surface area contributed by atoms with Crippen LogP contribution in [0.4, 0.5) is 0 Å². The molecule has 0 heterocycles. The van der Waals surface area contributed by atoms with Gasteiger partial charge < -0.3 is 14.7 Å². The zero-order chi connectivity index (χ0) is 15.0. The van der Waals surface area contributed by atoms with Crippen molar-refractivity contribution in [3.63, 3.8) is 0 Å². The van der Waals surface area contributed by atoms with E-state index in [0.29, 0.717) is 24.5 Å². The number of carbonyl (C=O) groups is 1. The van der Waals surface area contributed by atoms with Gasteiger partial charge >= 0.3 is 0 Å². The van der Waals surface area contributed by atoms with E-state index in [1.165, 1.54) is 0 Å². The van der Waals surface area contributed by atoms with E-state index in [1.54, 1.807) is 17.0 Å². The molecule has 0 aliphatic carbocycles. The third-order valence-electron chi connectivity index (χ3n) is 3.40. The maximum absolute atomic E-state index is 12.7. The summed E-state index contributed by atoms with van der Waals surface area (Å²) in [6, 6.07) is 7.42. The van der Waals surface area contributed by atoms with Crippen molar-refractivity contribution in [3.8, 4) is 5.75 Å². The van der Waals surface area contributed by atoms with Crippen LogP contribution in [0.5, 0.6) is 5.75 Å². The van der Waals surface area contributed by atoms with E-state index < -0.39 is 0 Å². The van der Waals surface area contributed by atoms with Crippen LogP contribution in [0.15, 0.2) is 24.3 Å². The minimum Gasteiger partial charge on any atom is -0.493 e. The van der Waals surface area contributed by atoms with Gasteiger partial charge in [-0.1, -0.05) is 26.0 Å². The van der Waals surface area contributed by atoms with Crippen molar-refractivity contribution in [1.82, 2.24) is 4.90 Å². The summed E-state index contributed by atoms with van der Waals surface area (Å²) in [6.07, 6.45) is 1.75. The Kier molecular flexibility index (Phi) is 7.09. The van der Waals surface area contributed by atoms with Gasteiger partial charge in [-0.3, -0.25) is 4.79 Å². The van der Waals surface area contributed by atoms with Crippen molar-refractivity contribution < 1.29 is 14.6 Å². The number of para-hydroxylation sites is 1. The molecule has 0 bridgehead atoms. The number of benzene rings is 1. The number of nitrogens with zero attached hydrogens (tertiary/aromatic N) is 1. The molecule has 0 spiro atoms. The highest BCUT2D eigenvalue weighted by molar-refractivity contribution is 5.97. The summed E-state index contributed by atoms with van der Waals surface area (Å²) in [7, 11) is 0. The lowest BCUT2D eigenvalue weighted by molar-refractivity contribution is 0.0618. The molecule has 112 valence electrons. The van der Waals surface area contributed by atoms with Crippen LogP contribution >= 0.6 is 0 Å². The van der Waals surface area contributed by atoms with Gasteiger partial charge in [0.05, 0.1) is 18.8 Å². The molecule has 0 atom stereocenters. The number of hydrogen-bond donors (Lipinski definition) is 1. The number of rotatable bonds is 8. The number of carbonyl (C=O) groups excluding carboxylic acids is 1. The summed E-state index contributed by atoms with van der Waals surface area (Å²) >= 11 is 0. The van der Waals surface area contributed by atoms with Gasteiger partial charge in [0.1, 0.15) is 5.75 Å². The van der Waals surface area contributed by atoms with Gasteiger partial charge in [-0.05, 0) is 31.9 Å². The van der Waals surface area contributed by atoms with E-state index in [9.17, 15) is 9.90 Å². The fraction of sp³-hybridized carbons (Fsp3) is 0.562. The molecule has 0 aliphatic rings. The number of hydrogen-bond acceptors (Lipinski definition) is 3. The molecule has 1 N–H and O–H groups in total. The van der Waals surface area contributed by atoms with E-state index in [1.807, 2.05) is 19.1 Å². The number of aliphatic hydroxyl groups is 1. The molecule has 1 aromatic rings. The lowest BCUT2D eigenvalue weighted by atomic mass is 10.1. The normalized spacial score (nSPS) is 10.7. The van der Waals surface area contributed by atoms with Gasteiger partial charge in [0, 0.05) is 12.6 Å². The molecule has 1 aromatic carbocycles. The summed E-state index contributed by atoms with van der Waals surface area (Å²) in [6.45, 7) is 6.86. The van der Waals surface area contributed by atoms with Crippen LogP contribution in [-0.2, 0) is 0 Å². The third-order valence-corrected chi connectivity index (χ3v) is 3.40. The maximum Gasteiger partial charge on any atom is 0.257 e. The number of aliphatic hydroxyl groups excluding tert-OH is 1. The molecule has 1 rings (SSSR count). The second-order valence-electron chi connectivity index (χ2n) is 4.62. The Hall–Kier alpha value is -1.55. The molecule has 0 aromatic heterocycles. The summed E-state index contributed by atoms with van der Waals surface area (Å²) < 4.78 is 5.52. The summed E-state index contributed by atoms with van der Waals surface area (Å²) in [5, 5.41) is 9.22. The van der Waals surface area contributed by atoms with Crippen molar-refractivity contribution in [2.75, 3.05) is 19.8 Å². The standard InChI is InChI=1S/C16H25NO3/c1-4-13(5-2)17(11-12-18)16(19)14-9-7-8-10-15(14)20-6-3/h7-10,13,18H,4-6,11-12H2,1-3H3. The van der Waals surface area contributed by atoms with Crippen molar-refractivity contribution in [3.05, 3.63) is 29.8 Å². The van der Waals surface area contributed by atoms with Gasteiger partial charge in [0.15, 0.2) is 0 Å². The molecule has 0 saturated carbocycles. The van der Waals surface area contributed by atoms with Crippen LogP contribution < -0.4 is 4.74 Å². The molecule has 0 aliphatic heterocycles. The van der Waals surface area contributed by atoms with Crippen LogP contribution in [0.2, 0.25) is 0 Å². The Labute approximate surface area is 121 Å². The third kappa shape index (κ3) is 3.97. The molecular formula is C16H25NO3. The minimum atomic E-state index is -0.0724. The maximum atomic E-state index is 12.7. The predicted molar refractivity (Wildman–Crippen MR) is 80.1 cm³/mol. The Morgan fingerprint density at radius 1 is 1.25 bits per heavy atom. The molecule has 0 radical (unpaired) electrons. The zero-order valence-electron chi connectivity index (χ0n) is 12.6. The topological polar surface area (TPSA) is 49.8 Å². The van der Waals surface area contributed by atoms with E-state index >= 15 is 0 Å². The van der Waals surface area contributed by atoms with Crippen molar-refractivity contribution in [1.29, 1.82) is 0 Å². The molecule has 1 amide bonds. The fourth-order valence-corrected chi connectivity index (χ4v) is 2.37. The van der Waals surface area contributed by atoms with Gasteiger partial charge in [-0.25, -0.2) is 0 Å². The minimum absolute atomic E-state index is 0.0287. The van der Waals surface area contributed by atoms with E-state index in [0.717, 1.165) is 12.8 Å². The molecule has 20 heavy (non-hydrogen) atoms. The van der Waals surface area contributed by atoms with E-state index in [2.05, 4.69) is 13.8 Å². The second-order valence-corrected chi connectivity index (χ2v) is 4.62. The summed E-state index contributed by atoms with van der Waals surface area (Å²) in [5.74, 6) is 0.533. The Balaban J connectivity index is 3.05. The van der Waals surface area contributed by atoms with Gasteiger partial charge in [0.2, 0.25) is 0 Å². The first-order chi connectivity index (χ1) is 9.69. The molecule has 0 unspecified atom stereocenters. The smallest absolute Gasteiger partial charge is 0.257 e. The van der Waals surface area contributed by atoms with Crippen LogP contribution in [0.1, 0.15) is 44.0 Å². The van der Waals surface area contributed by atoms with Crippen molar-refractivity contribution in [2.24, 2.45) is 0 Å². The SMILES string of the molecule is CCOc1ccccc1C(=O)N(CCO)C(CC)CC. The lowest BCUT2D eigenvalue weighted by Gasteiger charge is -2.30. The van der Waals surface area contributed by atoms with Gasteiger partial charge in [-0.2, -0.15) is 0 Å². The van der Waals surface area contributed by atoms with Crippen LogP contribution in [0.3, 0.4) is 0 Å². The summed E-state index contributed by atoms with van der Waals surface area (Å²) in [4.78, 5) is 14.5. The first-order valence-electron chi connectivity index (χ1n) is 7.33. The highest BCUT2D eigenvalue weighted by Crippen LogP contribution is 2.22. The largest absolute Gasteiger partial charge is 0.493 e. The second kappa shape index (κ2) is 8.59. The van der Waals surface area contributed by atoms with Crippen LogP contribution in [0.25, 0.3) is 0 Å². The van der Waals surface area contributed by atoms with E-state index in [4.69, 9.17) is 4.74 Å². The van der Waals surface area contributed by atoms with Gasteiger partial charge in [0.25, 0.3) is 5.91 Å².